The van der Waals surface area contributed by atoms with Crippen LogP contribution in [0.4, 0.5) is 0 Å². The molecule has 2 aromatic heterocycles. The van der Waals surface area contributed by atoms with Crippen LogP contribution in [0.5, 0.6) is 0 Å². The minimum absolute atomic E-state index is 0.408. The number of rotatable bonds is 8. The molecular formula is C22H35N7O2. The van der Waals surface area contributed by atoms with Crippen LogP contribution < -0.4 is 10.6 Å². The number of hydrogen-bond donors (Lipinski definition) is 3. The van der Waals surface area contributed by atoms with E-state index >= 15 is 0 Å². The van der Waals surface area contributed by atoms with Gasteiger partial charge in [-0.05, 0) is 45.4 Å². The van der Waals surface area contributed by atoms with Gasteiger partial charge in [0.05, 0.1) is 31.1 Å². The summed E-state index contributed by atoms with van der Waals surface area (Å²) in [7, 11) is 0. The zero-order valence-corrected chi connectivity index (χ0v) is 19.1. The number of nitrogens with zero attached hydrogens (tertiary/aromatic N) is 5. The number of pyridine rings is 1. The highest BCUT2D eigenvalue weighted by atomic mass is 16.5. The SMILES string of the molecule is CCNC(=NCc1ccc(-n2nc(C)cc2C)nc1)NCC(C)(O)CN1CCOCC1. The molecule has 9 nitrogen and oxygen atoms in total. The molecule has 31 heavy (non-hydrogen) atoms. The van der Waals surface area contributed by atoms with Crippen LogP contribution in [-0.4, -0.2) is 82.3 Å². The smallest absolute Gasteiger partial charge is 0.191 e. The lowest BCUT2D eigenvalue weighted by Gasteiger charge is -2.34. The number of morpholine rings is 1. The zero-order valence-electron chi connectivity index (χ0n) is 19.1. The Morgan fingerprint density at radius 3 is 2.65 bits per heavy atom. The summed E-state index contributed by atoms with van der Waals surface area (Å²) in [5.41, 5.74) is 2.16. The van der Waals surface area contributed by atoms with Crippen molar-refractivity contribution < 1.29 is 9.84 Å². The molecule has 0 amide bonds. The van der Waals surface area contributed by atoms with Gasteiger partial charge in [-0.2, -0.15) is 5.10 Å². The second-order valence-electron chi connectivity index (χ2n) is 8.30. The van der Waals surface area contributed by atoms with Gasteiger partial charge in [0.25, 0.3) is 0 Å². The average molecular weight is 430 g/mol. The predicted octanol–water partition coefficient (Wildman–Crippen LogP) is 1.02. The van der Waals surface area contributed by atoms with E-state index in [0.29, 0.717) is 25.6 Å². The van der Waals surface area contributed by atoms with Crippen molar-refractivity contribution >= 4 is 5.96 Å². The molecule has 1 fully saturated rings. The number of aliphatic hydroxyl groups is 1. The quantitative estimate of drug-likeness (QED) is 0.426. The number of hydrogen-bond acceptors (Lipinski definition) is 6. The van der Waals surface area contributed by atoms with Crippen LogP contribution in [0.3, 0.4) is 0 Å². The summed E-state index contributed by atoms with van der Waals surface area (Å²) in [6.45, 7) is 13.2. The molecule has 2 aromatic rings. The van der Waals surface area contributed by atoms with Crippen LogP contribution in [0, 0.1) is 13.8 Å². The van der Waals surface area contributed by atoms with Crippen LogP contribution in [0.15, 0.2) is 29.4 Å². The fourth-order valence-electron chi connectivity index (χ4n) is 3.58. The average Bonchev–Trinajstić information content (AvgIpc) is 3.09. The van der Waals surface area contributed by atoms with E-state index < -0.39 is 5.60 Å². The lowest BCUT2D eigenvalue weighted by molar-refractivity contribution is -0.0201. The number of ether oxygens (including phenoxy) is 1. The molecule has 0 saturated carbocycles. The molecule has 9 heteroatoms. The van der Waals surface area contributed by atoms with Crippen molar-refractivity contribution in [3.63, 3.8) is 0 Å². The van der Waals surface area contributed by atoms with E-state index in [2.05, 4.69) is 30.6 Å². The van der Waals surface area contributed by atoms with Crippen LogP contribution in [-0.2, 0) is 11.3 Å². The maximum Gasteiger partial charge on any atom is 0.191 e. The molecule has 3 rings (SSSR count). The molecule has 1 aliphatic rings. The lowest BCUT2D eigenvalue weighted by atomic mass is 10.1. The summed E-state index contributed by atoms with van der Waals surface area (Å²) >= 11 is 0. The van der Waals surface area contributed by atoms with E-state index in [1.807, 2.05) is 56.8 Å². The van der Waals surface area contributed by atoms with E-state index in [1.165, 1.54) is 0 Å². The van der Waals surface area contributed by atoms with Gasteiger partial charge in [-0.15, -0.1) is 0 Å². The van der Waals surface area contributed by atoms with Crippen molar-refractivity contribution in [2.24, 2.45) is 4.99 Å². The van der Waals surface area contributed by atoms with Gasteiger partial charge in [-0.1, -0.05) is 6.07 Å². The van der Waals surface area contributed by atoms with E-state index in [0.717, 1.165) is 55.6 Å². The summed E-state index contributed by atoms with van der Waals surface area (Å²) in [4.78, 5) is 11.4. The molecule has 0 aromatic carbocycles. The van der Waals surface area contributed by atoms with E-state index in [4.69, 9.17) is 4.74 Å². The molecule has 1 atom stereocenters. The molecule has 1 aliphatic heterocycles. The molecular weight excluding hydrogens is 394 g/mol. The Balaban J connectivity index is 1.56. The Bertz CT molecular complexity index is 855. The molecule has 1 saturated heterocycles. The summed E-state index contributed by atoms with van der Waals surface area (Å²) < 4.78 is 7.22. The second-order valence-corrected chi connectivity index (χ2v) is 8.30. The van der Waals surface area contributed by atoms with Gasteiger partial charge in [0, 0.05) is 44.6 Å². The topological polar surface area (TPSA) is 99.8 Å². The van der Waals surface area contributed by atoms with Crippen molar-refractivity contribution in [1.29, 1.82) is 0 Å². The first-order valence-electron chi connectivity index (χ1n) is 10.9. The lowest BCUT2D eigenvalue weighted by Crippen LogP contribution is -2.52. The maximum atomic E-state index is 10.8. The van der Waals surface area contributed by atoms with Crippen LogP contribution in [0.25, 0.3) is 5.82 Å². The van der Waals surface area contributed by atoms with Crippen molar-refractivity contribution in [3.8, 4) is 5.82 Å². The third-order valence-electron chi connectivity index (χ3n) is 5.10. The van der Waals surface area contributed by atoms with Crippen LogP contribution in [0.1, 0.15) is 30.8 Å². The minimum Gasteiger partial charge on any atom is -0.387 e. The molecule has 3 N–H and O–H groups in total. The van der Waals surface area contributed by atoms with Gasteiger partial charge in [-0.3, -0.25) is 4.90 Å². The van der Waals surface area contributed by atoms with E-state index in [1.54, 1.807) is 0 Å². The summed E-state index contributed by atoms with van der Waals surface area (Å²) in [5, 5.41) is 21.8. The van der Waals surface area contributed by atoms with Crippen LogP contribution >= 0.6 is 0 Å². The Morgan fingerprint density at radius 2 is 2.03 bits per heavy atom. The number of guanidine groups is 1. The van der Waals surface area contributed by atoms with Gasteiger partial charge in [0.2, 0.25) is 0 Å². The number of nitrogens with one attached hydrogen (secondary N) is 2. The Kier molecular flexibility index (Phi) is 8.00. The van der Waals surface area contributed by atoms with E-state index in [9.17, 15) is 5.11 Å². The van der Waals surface area contributed by atoms with Gasteiger partial charge in [-0.25, -0.2) is 14.7 Å². The van der Waals surface area contributed by atoms with Gasteiger partial charge in [0.1, 0.15) is 0 Å². The highest BCUT2D eigenvalue weighted by molar-refractivity contribution is 5.79. The normalized spacial score (nSPS) is 17.4. The first-order chi connectivity index (χ1) is 14.9. The Labute approximate surface area is 184 Å². The molecule has 3 heterocycles. The first kappa shape index (κ1) is 23.2. The maximum absolute atomic E-state index is 10.8. The van der Waals surface area contributed by atoms with Gasteiger partial charge >= 0.3 is 0 Å². The van der Waals surface area contributed by atoms with Crippen molar-refractivity contribution in [1.82, 2.24) is 30.3 Å². The van der Waals surface area contributed by atoms with Crippen molar-refractivity contribution in [3.05, 3.63) is 41.3 Å². The largest absolute Gasteiger partial charge is 0.387 e. The van der Waals surface area contributed by atoms with Crippen molar-refractivity contribution in [2.45, 2.75) is 39.8 Å². The third kappa shape index (κ3) is 7.02. The summed E-state index contributed by atoms with van der Waals surface area (Å²) in [6.07, 6.45) is 1.83. The standard InChI is InChI=1S/C22H35N7O2/c1-5-23-21(26-15-22(4,30)16-28-8-10-31-11-9-28)25-14-19-6-7-20(24-13-19)29-18(3)12-17(2)27-29/h6-7,12-13,30H,5,8-11,14-16H2,1-4H3,(H2,23,25,26). The fourth-order valence-corrected chi connectivity index (χ4v) is 3.58. The molecule has 0 spiro atoms. The molecule has 1 unspecified atom stereocenters. The van der Waals surface area contributed by atoms with Crippen molar-refractivity contribution in [2.75, 3.05) is 45.9 Å². The highest BCUT2D eigenvalue weighted by Crippen LogP contribution is 2.11. The second kappa shape index (κ2) is 10.7. The number of aromatic nitrogens is 3. The summed E-state index contributed by atoms with van der Waals surface area (Å²) in [5.74, 6) is 1.47. The summed E-state index contributed by atoms with van der Waals surface area (Å²) in [6, 6.07) is 6.00. The molecule has 0 aliphatic carbocycles. The van der Waals surface area contributed by atoms with Gasteiger partial charge in [0.15, 0.2) is 11.8 Å². The van der Waals surface area contributed by atoms with E-state index in [-0.39, 0.29) is 0 Å². The van der Waals surface area contributed by atoms with Crippen LogP contribution in [0.2, 0.25) is 0 Å². The molecule has 0 radical (unpaired) electrons. The van der Waals surface area contributed by atoms with Gasteiger partial charge < -0.3 is 20.5 Å². The fraction of sp³-hybridized carbons (Fsp3) is 0.591. The minimum atomic E-state index is -0.865. The molecule has 0 bridgehead atoms. The highest BCUT2D eigenvalue weighted by Gasteiger charge is 2.25. The number of aliphatic imine (C=N–C) groups is 1. The number of aryl methyl sites for hydroxylation is 2. The monoisotopic (exact) mass is 429 g/mol. The zero-order chi connectivity index (χ0) is 22.3. The predicted molar refractivity (Wildman–Crippen MR) is 122 cm³/mol. The number of β-amino-alcohol motifs (C(OH)–C–C–N with tert-alkyl or cyclic N) is 1. The molecule has 170 valence electrons. The Morgan fingerprint density at radius 1 is 1.26 bits per heavy atom. The third-order valence-corrected chi connectivity index (χ3v) is 5.10. The first-order valence-corrected chi connectivity index (χ1v) is 10.9. The Hall–Kier alpha value is -2.49.